The van der Waals surface area contributed by atoms with Crippen molar-refractivity contribution in [3.8, 4) is 22.7 Å². The zero-order valence-electron chi connectivity index (χ0n) is 20.1. The van der Waals surface area contributed by atoms with E-state index in [1.54, 1.807) is 23.5 Å². The standard InChI is InChI=1S/C26H25F3N6O2/c1-4-11-31-16-7-5-15(6-8-16)21-14(2)20-22(25(30)33-13-32-20)35(21)17-9-10-18(19(12-17)37-3)26(36)34-24(29)23(27)28/h4-10,12-13,23-24,31H,1,11H2,2-3H3,(H,34,36)(H2,30,32,33). The first-order valence-electron chi connectivity index (χ1n) is 11.2. The first kappa shape index (κ1) is 25.5. The average Bonchev–Trinajstić information content (AvgIpc) is 3.20. The van der Waals surface area contributed by atoms with Crippen LogP contribution in [0.15, 0.2) is 61.4 Å². The van der Waals surface area contributed by atoms with Crippen LogP contribution in [0.3, 0.4) is 0 Å². The maximum atomic E-state index is 13.4. The lowest BCUT2D eigenvalue weighted by Crippen LogP contribution is -2.36. The molecule has 0 aliphatic rings. The molecule has 0 fully saturated rings. The van der Waals surface area contributed by atoms with Crippen LogP contribution >= 0.6 is 0 Å². The molecule has 0 saturated heterocycles. The van der Waals surface area contributed by atoms with Crippen LogP contribution in [0.1, 0.15) is 15.9 Å². The first-order chi connectivity index (χ1) is 17.8. The first-order valence-corrected chi connectivity index (χ1v) is 11.2. The summed E-state index contributed by atoms with van der Waals surface area (Å²) in [5.74, 6) is -0.738. The highest BCUT2D eigenvalue weighted by Gasteiger charge is 2.25. The van der Waals surface area contributed by atoms with Gasteiger partial charge in [0.1, 0.15) is 17.6 Å². The number of anilines is 2. The van der Waals surface area contributed by atoms with Gasteiger partial charge < -0.3 is 25.7 Å². The molecule has 4 rings (SSSR count). The molecule has 4 aromatic rings. The maximum absolute atomic E-state index is 13.4. The number of nitrogens with zero attached hydrogens (tertiary/aromatic N) is 3. The molecule has 1 unspecified atom stereocenters. The number of aryl methyl sites for hydroxylation is 1. The summed E-state index contributed by atoms with van der Waals surface area (Å²) in [5.41, 5.74) is 11.3. The SMILES string of the molecule is C=CCNc1ccc(-c2c(C)c3ncnc(N)c3n2-c2ccc(C(=O)NC(F)C(F)F)c(OC)c2)cc1. The molecule has 1 atom stereocenters. The fourth-order valence-electron chi connectivity index (χ4n) is 4.09. The van der Waals surface area contributed by atoms with Crippen LogP contribution in [0, 0.1) is 6.92 Å². The van der Waals surface area contributed by atoms with Gasteiger partial charge in [-0.3, -0.25) is 4.79 Å². The van der Waals surface area contributed by atoms with Crippen molar-refractivity contribution in [2.45, 2.75) is 19.6 Å². The molecule has 2 aromatic heterocycles. The topological polar surface area (TPSA) is 107 Å². The zero-order valence-corrected chi connectivity index (χ0v) is 20.1. The molecule has 11 heteroatoms. The third-order valence-corrected chi connectivity index (χ3v) is 5.80. The van der Waals surface area contributed by atoms with Crippen LogP contribution in [0.4, 0.5) is 24.7 Å². The van der Waals surface area contributed by atoms with Gasteiger partial charge in [0.05, 0.1) is 29.6 Å². The van der Waals surface area contributed by atoms with Gasteiger partial charge in [0, 0.05) is 23.9 Å². The summed E-state index contributed by atoms with van der Waals surface area (Å²) in [6, 6.07) is 12.2. The van der Waals surface area contributed by atoms with Crippen molar-refractivity contribution in [2.24, 2.45) is 0 Å². The van der Waals surface area contributed by atoms with E-state index in [4.69, 9.17) is 10.5 Å². The van der Waals surface area contributed by atoms with Crippen molar-refractivity contribution in [3.05, 3.63) is 72.6 Å². The Morgan fingerprint density at radius 2 is 1.92 bits per heavy atom. The lowest BCUT2D eigenvalue weighted by Gasteiger charge is -2.16. The quantitative estimate of drug-likeness (QED) is 0.219. The number of nitrogens with two attached hydrogens (primary N) is 1. The minimum atomic E-state index is -3.35. The van der Waals surface area contributed by atoms with Gasteiger partial charge in [-0.2, -0.15) is 0 Å². The number of ether oxygens (including phenoxy) is 1. The average molecular weight is 511 g/mol. The number of amides is 1. The van der Waals surface area contributed by atoms with Gasteiger partial charge in [-0.15, -0.1) is 6.58 Å². The zero-order chi connectivity index (χ0) is 26.7. The smallest absolute Gasteiger partial charge is 0.287 e. The number of methoxy groups -OCH3 is 1. The highest BCUT2D eigenvalue weighted by atomic mass is 19.3. The number of carbonyl (C=O) groups excluding carboxylic acids is 1. The van der Waals surface area contributed by atoms with Crippen LogP contribution in [0.5, 0.6) is 5.75 Å². The predicted octanol–water partition coefficient (Wildman–Crippen LogP) is 4.88. The Balaban J connectivity index is 1.87. The second-order valence-corrected chi connectivity index (χ2v) is 8.11. The van der Waals surface area contributed by atoms with Gasteiger partial charge >= 0.3 is 0 Å². The summed E-state index contributed by atoms with van der Waals surface area (Å²) >= 11 is 0. The highest BCUT2D eigenvalue weighted by Crippen LogP contribution is 2.38. The van der Waals surface area contributed by atoms with Crippen molar-refractivity contribution >= 4 is 28.4 Å². The molecule has 0 spiro atoms. The molecule has 0 aliphatic heterocycles. The molecule has 2 aromatic carbocycles. The third kappa shape index (κ3) is 4.92. The van der Waals surface area contributed by atoms with E-state index in [0.29, 0.717) is 23.3 Å². The fraction of sp³-hybridized carbons (Fsp3) is 0.192. The molecule has 0 saturated carbocycles. The van der Waals surface area contributed by atoms with Crippen molar-refractivity contribution < 1.29 is 22.7 Å². The van der Waals surface area contributed by atoms with Crippen molar-refractivity contribution in [1.82, 2.24) is 19.9 Å². The van der Waals surface area contributed by atoms with E-state index in [9.17, 15) is 18.0 Å². The van der Waals surface area contributed by atoms with E-state index >= 15 is 0 Å². The van der Waals surface area contributed by atoms with Gasteiger partial charge in [-0.1, -0.05) is 18.2 Å². The van der Waals surface area contributed by atoms with Gasteiger partial charge in [0.15, 0.2) is 5.82 Å². The summed E-state index contributed by atoms with van der Waals surface area (Å²) in [5, 5.41) is 4.86. The lowest BCUT2D eigenvalue weighted by atomic mass is 10.1. The van der Waals surface area contributed by atoms with Gasteiger partial charge in [0.25, 0.3) is 12.3 Å². The van der Waals surface area contributed by atoms with Crippen LogP contribution in [0.25, 0.3) is 28.0 Å². The largest absolute Gasteiger partial charge is 0.496 e. The number of carbonyl (C=O) groups is 1. The second-order valence-electron chi connectivity index (χ2n) is 8.11. The van der Waals surface area contributed by atoms with Gasteiger partial charge in [0.2, 0.25) is 6.30 Å². The molecule has 0 bridgehead atoms. The summed E-state index contributed by atoms with van der Waals surface area (Å²) in [7, 11) is 1.32. The molecule has 37 heavy (non-hydrogen) atoms. The van der Waals surface area contributed by atoms with Gasteiger partial charge in [-0.25, -0.2) is 23.1 Å². The van der Waals surface area contributed by atoms with E-state index in [0.717, 1.165) is 22.5 Å². The number of fused-ring (bicyclic) bond motifs is 1. The molecule has 4 N–H and O–H groups in total. The maximum Gasteiger partial charge on any atom is 0.287 e. The third-order valence-electron chi connectivity index (χ3n) is 5.80. The number of hydrogen-bond donors (Lipinski definition) is 3. The van der Waals surface area contributed by atoms with Crippen LogP contribution < -0.4 is 21.1 Å². The van der Waals surface area contributed by atoms with E-state index in [2.05, 4.69) is 21.9 Å². The minimum Gasteiger partial charge on any atom is -0.496 e. The minimum absolute atomic E-state index is 0.0568. The Kier molecular flexibility index (Phi) is 7.32. The molecule has 2 heterocycles. The molecular weight excluding hydrogens is 485 g/mol. The summed E-state index contributed by atoms with van der Waals surface area (Å²) in [4.78, 5) is 21.0. The monoisotopic (exact) mass is 510 g/mol. The number of nitrogens with one attached hydrogen (secondary N) is 2. The molecule has 192 valence electrons. The normalized spacial score (nSPS) is 11.9. The van der Waals surface area contributed by atoms with E-state index in [1.807, 2.05) is 35.8 Å². The number of rotatable bonds is 9. The van der Waals surface area contributed by atoms with E-state index in [1.165, 1.54) is 19.5 Å². The fourth-order valence-corrected chi connectivity index (χ4v) is 4.09. The van der Waals surface area contributed by atoms with Gasteiger partial charge in [-0.05, 0) is 36.8 Å². The van der Waals surface area contributed by atoms with E-state index in [-0.39, 0.29) is 17.1 Å². The number of halogens is 3. The molecule has 0 radical (unpaired) electrons. The van der Waals surface area contributed by atoms with Crippen LogP contribution in [-0.4, -0.2) is 46.8 Å². The summed E-state index contributed by atoms with van der Waals surface area (Å²) < 4.78 is 45.8. The Bertz CT molecular complexity index is 1450. The van der Waals surface area contributed by atoms with E-state index < -0.39 is 18.6 Å². The van der Waals surface area contributed by atoms with Crippen LogP contribution in [-0.2, 0) is 0 Å². The Morgan fingerprint density at radius 3 is 2.57 bits per heavy atom. The van der Waals surface area contributed by atoms with Crippen LogP contribution in [0.2, 0.25) is 0 Å². The highest BCUT2D eigenvalue weighted by molar-refractivity contribution is 5.99. The second kappa shape index (κ2) is 10.6. The lowest BCUT2D eigenvalue weighted by molar-refractivity contribution is 0.0286. The summed E-state index contributed by atoms with van der Waals surface area (Å²) in [6.45, 7) is 6.23. The van der Waals surface area contributed by atoms with Crippen molar-refractivity contribution in [1.29, 1.82) is 0 Å². The number of benzene rings is 2. The molecular formula is C26H25F3N6O2. The molecule has 1 amide bonds. The Hall–Kier alpha value is -4.54. The Labute approximate surface area is 211 Å². The van der Waals surface area contributed by atoms with Crippen molar-refractivity contribution in [3.63, 3.8) is 0 Å². The number of nitrogen functional groups attached to an aromatic ring is 1. The Morgan fingerprint density at radius 1 is 1.19 bits per heavy atom. The number of aromatic nitrogens is 3. The molecule has 8 nitrogen and oxygen atoms in total. The number of alkyl halides is 3. The predicted molar refractivity (Wildman–Crippen MR) is 137 cm³/mol. The molecule has 0 aliphatic carbocycles. The van der Waals surface area contributed by atoms with Crippen molar-refractivity contribution in [2.75, 3.05) is 24.7 Å². The number of hydrogen-bond acceptors (Lipinski definition) is 6. The summed E-state index contributed by atoms with van der Waals surface area (Å²) in [6.07, 6.45) is -3.02.